The topological polar surface area (TPSA) is 72.7 Å². The second kappa shape index (κ2) is 9.17. The second-order valence-electron chi connectivity index (χ2n) is 6.64. The molecule has 3 aromatic rings. The number of hydrogen-bond donors (Lipinski definition) is 1. The molecular weight excluding hydrogens is 385 g/mol. The first-order chi connectivity index (χ1) is 14.4. The third kappa shape index (κ3) is 4.63. The lowest BCUT2D eigenvalue weighted by Crippen LogP contribution is -2.17. The summed E-state index contributed by atoms with van der Waals surface area (Å²) in [6.45, 7) is 5.95. The number of carbonyl (C=O) groups is 2. The van der Waals surface area contributed by atoms with E-state index in [1.807, 2.05) is 30.5 Å². The van der Waals surface area contributed by atoms with Crippen LogP contribution in [0.1, 0.15) is 44.6 Å². The average molecular weight is 407 g/mol. The fourth-order valence-corrected chi connectivity index (χ4v) is 3.13. The molecule has 7 heteroatoms. The van der Waals surface area contributed by atoms with Gasteiger partial charge in [0.05, 0.1) is 18.4 Å². The van der Waals surface area contributed by atoms with Gasteiger partial charge in [0, 0.05) is 28.2 Å². The highest BCUT2D eigenvalue weighted by Crippen LogP contribution is 2.21. The molecule has 0 aliphatic carbocycles. The number of carbonyl (C=O) groups excluding carboxylic acids is 2. The van der Waals surface area contributed by atoms with Gasteiger partial charge in [-0.25, -0.2) is 14.6 Å². The summed E-state index contributed by atoms with van der Waals surface area (Å²) in [5.41, 5.74) is 6.71. The number of benzene rings is 2. The molecule has 1 heterocycles. The van der Waals surface area contributed by atoms with Crippen LogP contribution >= 0.6 is 0 Å². The zero-order valence-electron chi connectivity index (χ0n) is 17.0. The average Bonchev–Trinajstić information content (AvgIpc) is 3.02. The molecule has 0 saturated heterocycles. The molecule has 0 unspecified atom stereocenters. The lowest BCUT2D eigenvalue weighted by molar-refractivity contribution is 0.0526. The van der Waals surface area contributed by atoms with E-state index in [-0.39, 0.29) is 5.97 Å². The van der Waals surface area contributed by atoms with Crippen molar-refractivity contribution < 1.29 is 18.7 Å². The van der Waals surface area contributed by atoms with Crippen molar-refractivity contribution in [3.8, 4) is 5.69 Å². The maximum atomic E-state index is 13.0. The number of esters is 1. The summed E-state index contributed by atoms with van der Waals surface area (Å²) in [6.07, 6.45) is 1.55. The summed E-state index contributed by atoms with van der Waals surface area (Å²) < 4.78 is 20.0. The van der Waals surface area contributed by atoms with Crippen molar-refractivity contribution in [1.29, 1.82) is 0 Å². The summed E-state index contributed by atoms with van der Waals surface area (Å²) in [5.74, 6) is -1.20. The third-order valence-electron chi connectivity index (χ3n) is 4.56. The molecule has 0 bridgehead atoms. The molecule has 0 aliphatic heterocycles. The number of amides is 1. The Morgan fingerprint density at radius 2 is 1.83 bits per heavy atom. The Balaban J connectivity index is 1.79. The first-order valence-electron chi connectivity index (χ1n) is 9.46. The van der Waals surface area contributed by atoms with E-state index in [9.17, 15) is 14.0 Å². The van der Waals surface area contributed by atoms with Crippen LogP contribution in [-0.4, -0.2) is 29.3 Å². The van der Waals surface area contributed by atoms with E-state index in [1.165, 1.54) is 24.3 Å². The molecule has 0 atom stereocenters. The summed E-state index contributed by atoms with van der Waals surface area (Å²) in [4.78, 5) is 24.1. The first-order valence-corrected chi connectivity index (χ1v) is 9.46. The van der Waals surface area contributed by atoms with Crippen LogP contribution in [0.3, 0.4) is 0 Å². The van der Waals surface area contributed by atoms with E-state index in [0.717, 1.165) is 22.6 Å². The maximum absolute atomic E-state index is 13.0. The highest BCUT2D eigenvalue weighted by atomic mass is 19.1. The van der Waals surface area contributed by atoms with Crippen LogP contribution in [-0.2, 0) is 4.74 Å². The SMILES string of the molecule is CCOC(=O)c1cccc(-n2c(C)cc(/C=N\NC(=O)c3ccc(F)cc3)c2C)c1. The summed E-state index contributed by atoms with van der Waals surface area (Å²) in [6, 6.07) is 14.3. The lowest BCUT2D eigenvalue weighted by Gasteiger charge is -2.11. The van der Waals surface area contributed by atoms with E-state index < -0.39 is 11.7 Å². The Morgan fingerprint density at radius 3 is 2.53 bits per heavy atom. The second-order valence-corrected chi connectivity index (χ2v) is 6.64. The van der Waals surface area contributed by atoms with Gasteiger partial charge in [0.25, 0.3) is 5.91 Å². The smallest absolute Gasteiger partial charge is 0.338 e. The number of aromatic nitrogens is 1. The Bertz CT molecular complexity index is 1100. The Kier molecular flexibility index (Phi) is 6.41. The molecule has 0 fully saturated rings. The van der Waals surface area contributed by atoms with Crippen molar-refractivity contribution in [2.45, 2.75) is 20.8 Å². The highest BCUT2D eigenvalue weighted by Gasteiger charge is 2.13. The molecular formula is C23H22FN3O3. The minimum Gasteiger partial charge on any atom is -0.462 e. The zero-order valence-corrected chi connectivity index (χ0v) is 17.0. The van der Waals surface area contributed by atoms with Crippen LogP contribution in [0.2, 0.25) is 0 Å². The molecule has 1 N–H and O–H groups in total. The van der Waals surface area contributed by atoms with Crippen LogP contribution in [0.4, 0.5) is 4.39 Å². The fourth-order valence-electron chi connectivity index (χ4n) is 3.13. The normalized spacial score (nSPS) is 10.9. The maximum Gasteiger partial charge on any atom is 0.338 e. The zero-order chi connectivity index (χ0) is 21.7. The number of hydrazone groups is 1. The number of halogens is 1. The van der Waals surface area contributed by atoms with Crippen LogP contribution in [0.5, 0.6) is 0 Å². The predicted octanol–water partition coefficient (Wildman–Crippen LogP) is 4.17. The highest BCUT2D eigenvalue weighted by molar-refractivity contribution is 5.95. The van der Waals surface area contributed by atoms with E-state index in [2.05, 4.69) is 10.5 Å². The van der Waals surface area contributed by atoms with Gasteiger partial charge in [-0.2, -0.15) is 5.10 Å². The molecule has 30 heavy (non-hydrogen) atoms. The number of hydrogen-bond acceptors (Lipinski definition) is 4. The van der Waals surface area contributed by atoms with Crippen molar-refractivity contribution in [3.63, 3.8) is 0 Å². The van der Waals surface area contributed by atoms with Gasteiger partial charge in [-0.3, -0.25) is 4.79 Å². The van der Waals surface area contributed by atoms with Gasteiger partial charge in [-0.1, -0.05) is 6.07 Å². The largest absolute Gasteiger partial charge is 0.462 e. The van der Waals surface area contributed by atoms with Gasteiger partial charge < -0.3 is 9.30 Å². The number of aryl methyl sites for hydroxylation is 1. The van der Waals surface area contributed by atoms with Crippen LogP contribution < -0.4 is 5.43 Å². The number of nitrogens with zero attached hydrogens (tertiary/aromatic N) is 2. The number of rotatable bonds is 6. The molecule has 3 rings (SSSR count). The van der Waals surface area contributed by atoms with E-state index in [4.69, 9.17) is 4.74 Å². The Labute approximate surface area is 174 Å². The van der Waals surface area contributed by atoms with Gasteiger partial charge in [0.1, 0.15) is 5.82 Å². The molecule has 0 aliphatic rings. The minimum atomic E-state index is -0.429. The monoisotopic (exact) mass is 407 g/mol. The van der Waals surface area contributed by atoms with Gasteiger partial charge in [0.2, 0.25) is 0 Å². The van der Waals surface area contributed by atoms with Crippen LogP contribution in [0.15, 0.2) is 59.7 Å². The van der Waals surface area contributed by atoms with Crippen molar-refractivity contribution in [2.75, 3.05) is 6.61 Å². The van der Waals surface area contributed by atoms with Gasteiger partial charge in [0.15, 0.2) is 0 Å². The van der Waals surface area contributed by atoms with E-state index in [1.54, 1.807) is 31.3 Å². The molecule has 1 aromatic heterocycles. The molecule has 0 saturated carbocycles. The number of nitrogens with one attached hydrogen (secondary N) is 1. The van der Waals surface area contributed by atoms with Gasteiger partial charge >= 0.3 is 5.97 Å². The number of ether oxygens (including phenoxy) is 1. The van der Waals surface area contributed by atoms with Crippen LogP contribution in [0.25, 0.3) is 5.69 Å². The summed E-state index contributed by atoms with van der Waals surface area (Å²) in [5, 5.41) is 4.01. The van der Waals surface area contributed by atoms with E-state index >= 15 is 0 Å². The predicted molar refractivity (Wildman–Crippen MR) is 113 cm³/mol. The molecule has 2 aromatic carbocycles. The lowest BCUT2D eigenvalue weighted by atomic mass is 10.2. The molecule has 6 nitrogen and oxygen atoms in total. The van der Waals surface area contributed by atoms with Crippen LogP contribution in [0, 0.1) is 19.7 Å². The molecule has 0 spiro atoms. The quantitative estimate of drug-likeness (QED) is 0.379. The van der Waals surface area contributed by atoms with Crippen molar-refractivity contribution in [1.82, 2.24) is 9.99 Å². The van der Waals surface area contributed by atoms with Gasteiger partial charge in [-0.05, 0) is 69.3 Å². The van der Waals surface area contributed by atoms with Crippen molar-refractivity contribution >= 4 is 18.1 Å². The molecule has 1 amide bonds. The first kappa shape index (κ1) is 21.0. The summed E-state index contributed by atoms with van der Waals surface area (Å²) >= 11 is 0. The van der Waals surface area contributed by atoms with Crippen molar-refractivity contribution in [2.24, 2.45) is 5.10 Å². The third-order valence-corrected chi connectivity index (χ3v) is 4.56. The van der Waals surface area contributed by atoms with Crippen molar-refractivity contribution in [3.05, 3.63) is 88.5 Å². The Morgan fingerprint density at radius 1 is 1.10 bits per heavy atom. The fraction of sp³-hybridized carbons (Fsp3) is 0.174. The van der Waals surface area contributed by atoms with E-state index in [0.29, 0.717) is 17.7 Å². The summed E-state index contributed by atoms with van der Waals surface area (Å²) in [7, 11) is 0. The van der Waals surface area contributed by atoms with Gasteiger partial charge in [-0.15, -0.1) is 0 Å². The molecule has 154 valence electrons. The Hall–Kier alpha value is -3.74. The minimum absolute atomic E-state index is 0.314. The molecule has 0 radical (unpaired) electrons. The standard InChI is InChI=1S/C23H22FN3O3/c1-4-30-23(29)18-6-5-7-21(13-18)27-15(2)12-19(16(27)3)14-25-26-22(28)17-8-10-20(24)11-9-17/h5-14H,4H2,1-3H3,(H,26,28)/b25-14-.